The van der Waals surface area contributed by atoms with Crippen LogP contribution in [0.1, 0.15) is 25.8 Å². The van der Waals surface area contributed by atoms with Crippen molar-refractivity contribution < 1.29 is 14.3 Å². The van der Waals surface area contributed by atoms with Crippen molar-refractivity contribution >= 4 is 5.91 Å². The number of morpholine rings is 1. The highest BCUT2D eigenvalue weighted by molar-refractivity contribution is 5.82. The van der Waals surface area contributed by atoms with Gasteiger partial charge in [0.15, 0.2) is 0 Å². The third-order valence-corrected chi connectivity index (χ3v) is 3.62. The molecule has 22 heavy (non-hydrogen) atoms. The molecule has 1 atom stereocenters. The van der Waals surface area contributed by atoms with Gasteiger partial charge in [0.1, 0.15) is 11.8 Å². The van der Waals surface area contributed by atoms with E-state index < -0.39 is 0 Å². The molecule has 1 fully saturated rings. The number of hydrogen-bond acceptors (Lipinski definition) is 4. The van der Waals surface area contributed by atoms with Gasteiger partial charge in [0.05, 0.1) is 19.8 Å². The van der Waals surface area contributed by atoms with Crippen LogP contribution in [0.15, 0.2) is 24.3 Å². The molecule has 0 radical (unpaired) electrons. The van der Waals surface area contributed by atoms with Crippen LogP contribution >= 0.6 is 0 Å². The zero-order valence-corrected chi connectivity index (χ0v) is 13.4. The third kappa shape index (κ3) is 5.31. The van der Waals surface area contributed by atoms with Crippen molar-refractivity contribution in [3.8, 4) is 5.75 Å². The lowest BCUT2D eigenvalue weighted by atomic mass is 10.1. The summed E-state index contributed by atoms with van der Waals surface area (Å²) in [7, 11) is 0. The number of para-hydroxylation sites is 1. The van der Waals surface area contributed by atoms with Crippen LogP contribution < -0.4 is 15.4 Å². The number of ether oxygens (including phenoxy) is 2. The molecule has 122 valence electrons. The number of amides is 1. The maximum atomic E-state index is 12.1. The lowest BCUT2D eigenvalue weighted by molar-refractivity contribution is -0.126. The average molecular weight is 306 g/mol. The van der Waals surface area contributed by atoms with Crippen LogP contribution in [0.4, 0.5) is 0 Å². The maximum absolute atomic E-state index is 12.1. The van der Waals surface area contributed by atoms with Gasteiger partial charge in [0, 0.05) is 18.7 Å². The summed E-state index contributed by atoms with van der Waals surface area (Å²) >= 11 is 0. The van der Waals surface area contributed by atoms with Gasteiger partial charge in [-0.2, -0.15) is 0 Å². The zero-order valence-electron chi connectivity index (χ0n) is 13.4. The van der Waals surface area contributed by atoms with Gasteiger partial charge in [-0.15, -0.1) is 0 Å². The van der Waals surface area contributed by atoms with Gasteiger partial charge in [-0.25, -0.2) is 0 Å². The normalized spacial score (nSPS) is 18.2. The monoisotopic (exact) mass is 306 g/mol. The SMILES string of the molecule is CC(C)CCOc1ccccc1CNC(=O)[C@H]1COCCN1. The second-order valence-corrected chi connectivity index (χ2v) is 5.94. The number of carbonyl (C=O) groups excluding carboxylic acids is 1. The number of rotatable bonds is 7. The predicted octanol–water partition coefficient (Wildman–Crippen LogP) is 1.72. The summed E-state index contributed by atoms with van der Waals surface area (Å²) in [6.45, 7) is 7.32. The van der Waals surface area contributed by atoms with Gasteiger partial charge in [0.2, 0.25) is 5.91 Å². The predicted molar refractivity (Wildman–Crippen MR) is 85.8 cm³/mol. The lowest BCUT2D eigenvalue weighted by Gasteiger charge is -2.23. The first kappa shape index (κ1) is 16.8. The lowest BCUT2D eigenvalue weighted by Crippen LogP contribution is -2.51. The van der Waals surface area contributed by atoms with Crippen LogP contribution in [-0.4, -0.2) is 38.3 Å². The Morgan fingerprint density at radius 2 is 2.27 bits per heavy atom. The Morgan fingerprint density at radius 3 is 3.00 bits per heavy atom. The number of hydrogen-bond donors (Lipinski definition) is 2. The number of carbonyl (C=O) groups is 1. The smallest absolute Gasteiger partial charge is 0.239 e. The topological polar surface area (TPSA) is 59.6 Å². The molecule has 1 heterocycles. The van der Waals surface area contributed by atoms with E-state index in [1.807, 2.05) is 24.3 Å². The van der Waals surface area contributed by atoms with E-state index in [1.165, 1.54) is 0 Å². The van der Waals surface area contributed by atoms with Crippen LogP contribution in [0.3, 0.4) is 0 Å². The van der Waals surface area contributed by atoms with Gasteiger partial charge in [-0.1, -0.05) is 32.0 Å². The first-order valence-electron chi connectivity index (χ1n) is 7.96. The second-order valence-electron chi connectivity index (χ2n) is 5.94. The summed E-state index contributed by atoms with van der Waals surface area (Å²) in [5, 5.41) is 6.10. The molecular weight excluding hydrogens is 280 g/mol. The standard InChI is InChI=1S/C17H26N2O3/c1-13(2)7-9-22-16-6-4-3-5-14(16)11-19-17(20)15-12-21-10-8-18-15/h3-6,13,15,18H,7-12H2,1-2H3,(H,19,20)/t15-/m1/s1. The van der Waals surface area contributed by atoms with Crippen molar-refractivity contribution in [1.29, 1.82) is 0 Å². The van der Waals surface area contributed by atoms with E-state index in [9.17, 15) is 4.79 Å². The number of nitrogens with one attached hydrogen (secondary N) is 2. The fourth-order valence-electron chi connectivity index (χ4n) is 2.23. The van der Waals surface area contributed by atoms with Crippen molar-refractivity contribution in [2.75, 3.05) is 26.4 Å². The minimum atomic E-state index is -0.261. The molecule has 1 saturated heterocycles. The van der Waals surface area contributed by atoms with Gasteiger partial charge < -0.3 is 20.1 Å². The summed E-state index contributed by atoms with van der Waals surface area (Å²) in [5.41, 5.74) is 0.997. The van der Waals surface area contributed by atoms with E-state index >= 15 is 0 Å². The zero-order chi connectivity index (χ0) is 15.8. The van der Waals surface area contributed by atoms with E-state index in [1.54, 1.807) is 0 Å². The van der Waals surface area contributed by atoms with Crippen molar-refractivity contribution in [3.05, 3.63) is 29.8 Å². The molecule has 0 saturated carbocycles. The molecule has 5 nitrogen and oxygen atoms in total. The highest BCUT2D eigenvalue weighted by Gasteiger charge is 2.20. The Bertz CT molecular complexity index is 471. The minimum absolute atomic E-state index is 0.0308. The fourth-order valence-corrected chi connectivity index (χ4v) is 2.23. The van der Waals surface area contributed by atoms with Crippen molar-refractivity contribution in [3.63, 3.8) is 0 Å². The molecule has 1 aromatic rings. The molecule has 1 amide bonds. The largest absolute Gasteiger partial charge is 0.493 e. The van der Waals surface area contributed by atoms with Gasteiger partial charge in [-0.3, -0.25) is 4.79 Å². The highest BCUT2D eigenvalue weighted by Crippen LogP contribution is 2.18. The molecular formula is C17H26N2O3. The second kappa shape index (κ2) is 8.76. The molecule has 0 spiro atoms. The number of benzene rings is 1. The van der Waals surface area contributed by atoms with Crippen LogP contribution in [0.2, 0.25) is 0 Å². The molecule has 0 aliphatic carbocycles. The molecule has 5 heteroatoms. The maximum Gasteiger partial charge on any atom is 0.239 e. The Hall–Kier alpha value is -1.59. The first-order chi connectivity index (χ1) is 10.7. The third-order valence-electron chi connectivity index (χ3n) is 3.62. The Morgan fingerprint density at radius 1 is 1.45 bits per heavy atom. The summed E-state index contributed by atoms with van der Waals surface area (Å²) in [6, 6.07) is 7.58. The quantitative estimate of drug-likeness (QED) is 0.805. The van der Waals surface area contributed by atoms with Crippen molar-refractivity contribution in [2.45, 2.75) is 32.9 Å². The Balaban J connectivity index is 1.84. The van der Waals surface area contributed by atoms with E-state index in [0.29, 0.717) is 38.8 Å². The molecule has 0 aromatic heterocycles. The molecule has 1 aliphatic rings. The summed E-state index contributed by atoms with van der Waals surface area (Å²) in [5.74, 6) is 1.43. The fraction of sp³-hybridized carbons (Fsp3) is 0.588. The molecule has 2 N–H and O–H groups in total. The molecule has 1 aliphatic heterocycles. The van der Waals surface area contributed by atoms with Gasteiger partial charge in [-0.05, 0) is 18.4 Å². The van der Waals surface area contributed by atoms with Crippen LogP contribution in [0.25, 0.3) is 0 Å². The van der Waals surface area contributed by atoms with E-state index in [2.05, 4.69) is 24.5 Å². The van der Waals surface area contributed by atoms with Gasteiger partial charge >= 0.3 is 0 Å². The van der Waals surface area contributed by atoms with Gasteiger partial charge in [0.25, 0.3) is 0 Å². The molecule has 0 bridgehead atoms. The van der Waals surface area contributed by atoms with E-state index in [4.69, 9.17) is 9.47 Å². The van der Waals surface area contributed by atoms with Crippen LogP contribution in [0.5, 0.6) is 5.75 Å². The highest BCUT2D eigenvalue weighted by atomic mass is 16.5. The van der Waals surface area contributed by atoms with Crippen LogP contribution in [-0.2, 0) is 16.1 Å². The van der Waals surface area contributed by atoms with E-state index in [0.717, 1.165) is 17.7 Å². The molecule has 0 unspecified atom stereocenters. The van der Waals surface area contributed by atoms with E-state index in [-0.39, 0.29) is 11.9 Å². The average Bonchev–Trinajstić information content (AvgIpc) is 2.54. The first-order valence-corrected chi connectivity index (χ1v) is 7.96. The Kier molecular flexibility index (Phi) is 6.68. The summed E-state index contributed by atoms with van der Waals surface area (Å²) < 4.78 is 11.1. The van der Waals surface area contributed by atoms with Crippen molar-refractivity contribution in [1.82, 2.24) is 10.6 Å². The molecule has 1 aromatic carbocycles. The van der Waals surface area contributed by atoms with Crippen LogP contribution in [0, 0.1) is 5.92 Å². The minimum Gasteiger partial charge on any atom is -0.493 e. The molecule has 2 rings (SSSR count). The van der Waals surface area contributed by atoms with Crippen molar-refractivity contribution in [2.24, 2.45) is 5.92 Å². The summed E-state index contributed by atoms with van der Waals surface area (Å²) in [4.78, 5) is 12.1. The summed E-state index contributed by atoms with van der Waals surface area (Å²) in [6.07, 6.45) is 1.02. The Labute approximate surface area is 132 Å².